The Morgan fingerprint density at radius 2 is 2.20 bits per heavy atom. The van der Waals surface area contributed by atoms with Gasteiger partial charge in [0.05, 0.1) is 0 Å². The molecule has 0 aliphatic rings. The van der Waals surface area contributed by atoms with E-state index in [0.29, 0.717) is 12.0 Å². The van der Waals surface area contributed by atoms with Crippen LogP contribution >= 0.6 is 0 Å². The van der Waals surface area contributed by atoms with Gasteiger partial charge in [-0.2, -0.15) is 5.10 Å². The molecule has 8 heteroatoms. The number of nitrogen functional groups attached to an aromatic ring is 1. The van der Waals surface area contributed by atoms with Crippen LogP contribution in [0.5, 0.6) is 0 Å². The normalized spacial score (nSPS) is 11.7. The summed E-state index contributed by atoms with van der Waals surface area (Å²) in [6, 6.07) is 6.02. The molecular weight excluding hydrogens is 283 g/mol. The lowest BCUT2D eigenvalue weighted by Crippen LogP contribution is -2.26. The van der Waals surface area contributed by atoms with E-state index in [1.165, 1.54) is 23.0 Å². The molecule has 0 radical (unpaired) electrons. The topological polar surface area (TPSA) is 90.0 Å². The van der Waals surface area contributed by atoms with Gasteiger partial charge in [0.25, 0.3) is 0 Å². The molecule has 6 nitrogen and oxygen atoms in total. The van der Waals surface area contributed by atoms with E-state index in [0.717, 1.165) is 0 Å². The zero-order valence-electron chi connectivity index (χ0n) is 10.9. The van der Waals surface area contributed by atoms with E-state index < -0.39 is 10.0 Å². The van der Waals surface area contributed by atoms with Crippen molar-refractivity contribution >= 4 is 15.8 Å². The van der Waals surface area contributed by atoms with E-state index in [1.54, 1.807) is 19.2 Å². The second-order valence-corrected chi connectivity index (χ2v) is 6.07. The van der Waals surface area contributed by atoms with Gasteiger partial charge >= 0.3 is 0 Å². The lowest BCUT2D eigenvalue weighted by atomic mass is 10.1. The third kappa shape index (κ3) is 3.34. The zero-order valence-corrected chi connectivity index (χ0v) is 11.7. The van der Waals surface area contributed by atoms with Crippen LogP contribution in [0.15, 0.2) is 35.4 Å². The number of hydrogen-bond donors (Lipinski definition) is 2. The zero-order chi connectivity index (χ0) is 14.8. The first-order valence-corrected chi connectivity index (χ1v) is 7.40. The number of halogens is 1. The Balaban J connectivity index is 2.01. The molecule has 0 aliphatic heterocycles. The van der Waals surface area contributed by atoms with E-state index in [1.807, 2.05) is 0 Å². The third-order valence-electron chi connectivity index (χ3n) is 2.71. The highest BCUT2D eigenvalue weighted by Crippen LogP contribution is 2.15. The maximum absolute atomic E-state index is 13.0. The molecule has 0 unspecified atom stereocenters. The van der Waals surface area contributed by atoms with Gasteiger partial charge in [0.15, 0.2) is 5.82 Å². The van der Waals surface area contributed by atoms with Gasteiger partial charge in [-0.05, 0) is 24.1 Å². The van der Waals surface area contributed by atoms with Gasteiger partial charge in [0.2, 0.25) is 10.0 Å². The smallest absolute Gasteiger partial charge is 0.245 e. The fourth-order valence-electron chi connectivity index (χ4n) is 1.79. The fraction of sp³-hybridized carbons (Fsp3) is 0.250. The average molecular weight is 298 g/mol. The number of nitrogens with zero attached hydrogens (tertiary/aromatic N) is 2. The summed E-state index contributed by atoms with van der Waals surface area (Å²) in [5, 5.41) is 3.78. The highest BCUT2D eigenvalue weighted by atomic mass is 32.2. The largest absolute Gasteiger partial charge is 0.381 e. The standard InChI is InChI=1S/C12H15FN4O2S/c1-17-8-11(12(14)16-17)20(18,19)15-6-5-9-3-2-4-10(13)7-9/h2-4,7-8,15H,5-6H2,1H3,(H2,14,16). The summed E-state index contributed by atoms with van der Waals surface area (Å²) in [6.45, 7) is 0.153. The highest BCUT2D eigenvalue weighted by Gasteiger charge is 2.19. The monoisotopic (exact) mass is 298 g/mol. The second-order valence-electron chi connectivity index (χ2n) is 4.33. The predicted molar refractivity (Wildman–Crippen MR) is 72.9 cm³/mol. The van der Waals surface area contributed by atoms with Crippen molar-refractivity contribution in [1.82, 2.24) is 14.5 Å². The van der Waals surface area contributed by atoms with E-state index in [9.17, 15) is 12.8 Å². The number of benzene rings is 1. The van der Waals surface area contributed by atoms with Crippen LogP contribution in [-0.2, 0) is 23.5 Å². The van der Waals surface area contributed by atoms with E-state index in [4.69, 9.17) is 5.73 Å². The van der Waals surface area contributed by atoms with E-state index in [2.05, 4.69) is 9.82 Å². The van der Waals surface area contributed by atoms with Gasteiger partial charge in [0, 0.05) is 19.8 Å². The Morgan fingerprint density at radius 1 is 1.45 bits per heavy atom. The van der Waals surface area contributed by atoms with Gasteiger partial charge in [-0.3, -0.25) is 4.68 Å². The average Bonchev–Trinajstić information content (AvgIpc) is 2.69. The Bertz CT molecular complexity index is 712. The first-order valence-electron chi connectivity index (χ1n) is 5.92. The summed E-state index contributed by atoms with van der Waals surface area (Å²) in [6.07, 6.45) is 1.72. The summed E-state index contributed by atoms with van der Waals surface area (Å²) in [4.78, 5) is -0.0563. The van der Waals surface area contributed by atoms with Crippen molar-refractivity contribution in [3.8, 4) is 0 Å². The lowest BCUT2D eigenvalue weighted by Gasteiger charge is -2.05. The van der Waals surface area contributed by atoms with Crippen molar-refractivity contribution in [2.75, 3.05) is 12.3 Å². The lowest BCUT2D eigenvalue weighted by molar-refractivity contribution is 0.581. The Hall–Kier alpha value is -1.93. The van der Waals surface area contributed by atoms with Crippen LogP contribution in [-0.4, -0.2) is 24.7 Å². The van der Waals surface area contributed by atoms with Gasteiger partial charge in [-0.25, -0.2) is 17.5 Å². The Labute approximate surface area is 116 Å². The first-order chi connectivity index (χ1) is 9.38. The quantitative estimate of drug-likeness (QED) is 0.848. The molecule has 1 aromatic heterocycles. The molecule has 0 aliphatic carbocycles. The van der Waals surface area contributed by atoms with Crippen molar-refractivity contribution in [2.24, 2.45) is 7.05 Å². The van der Waals surface area contributed by atoms with Gasteiger partial charge < -0.3 is 5.73 Å². The third-order valence-corrected chi connectivity index (χ3v) is 4.18. The van der Waals surface area contributed by atoms with Crippen molar-refractivity contribution < 1.29 is 12.8 Å². The van der Waals surface area contributed by atoms with Crippen LogP contribution < -0.4 is 10.5 Å². The molecule has 0 amide bonds. The second kappa shape index (κ2) is 5.59. The van der Waals surface area contributed by atoms with Gasteiger partial charge in [-0.15, -0.1) is 0 Å². The fourth-order valence-corrected chi connectivity index (χ4v) is 2.92. The molecule has 0 fully saturated rings. The minimum Gasteiger partial charge on any atom is -0.381 e. The number of hydrogen-bond acceptors (Lipinski definition) is 4. The highest BCUT2D eigenvalue weighted by molar-refractivity contribution is 7.89. The summed E-state index contributed by atoms with van der Waals surface area (Å²) in [5.74, 6) is -0.396. The van der Waals surface area contributed by atoms with Crippen LogP contribution in [0.25, 0.3) is 0 Å². The number of aryl methyl sites for hydroxylation is 1. The molecule has 0 spiro atoms. The number of nitrogens with two attached hydrogens (primary N) is 1. The number of anilines is 1. The minimum absolute atomic E-state index is 0.0502. The number of sulfonamides is 1. The molecule has 0 atom stereocenters. The van der Waals surface area contributed by atoms with Crippen LogP contribution in [0.1, 0.15) is 5.56 Å². The molecule has 2 rings (SSSR count). The van der Waals surface area contributed by atoms with Gasteiger partial charge in [0.1, 0.15) is 10.7 Å². The molecule has 1 heterocycles. The summed E-state index contributed by atoms with van der Waals surface area (Å²) >= 11 is 0. The summed E-state index contributed by atoms with van der Waals surface area (Å²) < 4.78 is 40.7. The molecule has 0 bridgehead atoms. The minimum atomic E-state index is -3.70. The molecule has 3 N–H and O–H groups in total. The van der Waals surface area contributed by atoms with Crippen molar-refractivity contribution in [3.05, 3.63) is 41.8 Å². The Kier molecular flexibility index (Phi) is 4.05. The molecule has 20 heavy (non-hydrogen) atoms. The summed E-state index contributed by atoms with van der Waals surface area (Å²) in [7, 11) is -2.12. The summed E-state index contributed by atoms with van der Waals surface area (Å²) in [5.41, 5.74) is 6.24. The van der Waals surface area contributed by atoms with Crippen LogP contribution in [0.3, 0.4) is 0 Å². The molecular formula is C12H15FN4O2S. The molecule has 2 aromatic rings. The predicted octanol–water partition coefficient (Wildman–Crippen LogP) is 0.662. The maximum atomic E-state index is 13.0. The van der Waals surface area contributed by atoms with Crippen LogP contribution in [0, 0.1) is 5.82 Å². The first kappa shape index (κ1) is 14.5. The van der Waals surface area contributed by atoms with E-state index in [-0.39, 0.29) is 23.1 Å². The number of rotatable bonds is 5. The number of nitrogens with one attached hydrogen (secondary N) is 1. The van der Waals surface area contributed by atoms with Crippen LogP contribution in [0.2, 0.25) is 0 Å². The molecule has 1 aromatic carbocycles. The van der Waals surface area contributed by atoms with E-state index >= 15 is 0 Å². The van der Waals surface area contributed by atoms with Crippen LogP contribution in [0.4, 0.5) is 10.2 Å². The van der Waals surface area contributed by atoms with Crippen molar-refractivity contribution in [3.63, 3.8) is 0 Å². The van der Waals surface area contributed by atoms with Gasteiger partial charge in [-0.1, -0.05) is 12.1 Å². The molecule has 0 saturated heterocycles. The Morgan fingerprint density at radius 3 is 2.80 bits per heavy atom. The molecule has 108 valence electrons. The molecule has 0 saturated carbocycles. The number of aromatic nitrogens is 2. The SMILES string of the molecule is Cn1cc(S(=O)(=O)NCCc2cccc(F)c2)c(N)n1. The van der Waals surface area contributed by atoms with Crippen molar-refractivity contribution in [2.45, 2.75) is 11.3 Å². The maximum Gasteiger partial charge on any atom is 0.245 e. The van der Waals surface area contributed by atoms with Crippen molar-refractivity contribution in [1.29, 1.82) is 0 Å².